The average Bonchev–Trinajstić information content (AvgIpc) is 2.75. The number of aromatic nitrogens is 1. The number of thiazole rings is 1. The van der Waals surface area contributed by atoms with E-state index in [9.17, 15) is 4.79 Å². The van der Waals surface area contributed by atoms with E-state index in [-0.39, 0.29) is 4.87 Å². The molecule has 1 heterocycles. The van der Waals surface area contributed by atoms with Gasteiger partial charge >= 0.3 is 4.87 Å². The summed E-state index contributed by atoms with van der Waals surface area (Å²) in [6, 6.07) is 5.45. The lowest BCUT2D eigenvalue weighted by Crippen LogP contribution is -1.95. The van der Waals surface area contributed by atoms with Gasteiger partial charge in [-0.1, -0.05) is 11.3 Å². The molecule has 1 aromatic heterocycles. The first-order chi connectivity index (χ1) is 7.74. The highest BCUT2D eigenvalue weighted by atomic mass is 32.1. The fourth-order valence-electron chi connectivity index (χ4n) is 1.44. The van der Waals surface area contributed by atoms with Crippen LogP contribution in [0.4, 0.5) is 0 Å². The monoisotopic (exact) mass is 237 g/mol. The summed E-state index contributed by atoms with van der Waals surface area (Å²) in [6.45, 7) is 0. The SMILES string of the molecule is COc1ccc(OC)c(-c2csc(=O)[nH]2)c1. The van der Waals surface area contributed by atoms with Gasteiger partial charge in [-0.2, -0.15) is 0 Å². The van der Waals surface area contributed by atoms with E-state index in [2.05, 4.69) is 4.98 Å². The van der Waals surface area contributed by atoms with Crippen LogP contribution in [0.25, 0.3) is 11.3 Å². The minimum atomic E-state index is -0.0835. The molecule has 2 aromatic rings. The van der Waals surface area contributed by atoms with Gasteiger partial charge in [0, 0.05) is 10.9 Å². The van der Waals surface area contributed by atoms with Crippen LogP contribution in [0.5, 0.6) is 11.5 Å². The van der Waals surface area contributed by atoms with Crippen molar-refractivity contribution in [2.75, 3.05) is 14.2 Å². The standard InChI is InChI=1S/C11H11NO3S/c1-14-7-3-4-10(15-2)8(5-7)9-6-16-11(13)12-9/h3-6H,1-2H3,(H,12,13). The smallest absolute Gasteiger partial charge is 0.304 e. The van der Waals surface area contributed by atoms with Crippen molar-refractivity contribution in [2.45, 2.75) is 0 Å². The normalized spacial score (nSPS) is 10.1. The lowest BCUT2D eigenvalue weighted by atomic mass is 10.1. The van der Waals surface area contributed by atoms with Crippen LogP contribution in [0.3, 0.4) is 0 Å². The number of ether oxygens (including phenoxy) is 2. The van der Waals surface area contributed by atoms with E-state index in [4.69, 9.17) is 9.47 Å². The van der Waals surface area contributed by atoms with E-state index >= 15 is 0 Å². The number of hydrogen-bond acceptors (Lipinski definition) is 4. The molecule has 0 aliphatic rings. The van der Waals surface area contributed by atoms with Crippen molar-refractivity contribution < 1.29 is 9.47 Å². The second-order valence-corrected chi connectivity index (χ2v) is 3.97. The van der Waals surface area contributed by atoms with Gasteiger partial charge in [0.2, 0.25) is 0 Å². The molecule has 16 heavy (non-hydrogen) atoms. The van der Waals surface area contributed by atoms with E-state index in [0.717, 1.165) is 28.3 Å². The molecule has 0 amide bonds. The highest BCUT2D eigenvalue weighted by molar-refractivity contribution is 7.07. The number of aromatic amines is 1. The Bertz CT molecular complexity index is 544. The van der Waals surface area contributed by atoms with E-state index in [0.29, 0.717) is 5.75 Å². The zero-order chi connectivity index (χ0) is 11.5. The van der Waals surface area contributed by atoms with Gasteiger partial charge in [0.15, 0.2) is 0 Å². The van der Waals surface area contributed by atoms with Crippen LogP contribution in [-0.4, -0.2) is 19.2 Å². The Balaban J connectivity index is 2.56. The van der Waals surface area contributed by atoms with Gasteiger partial charge in [-0.25, -0.2) is 0 Å². The predicted octanol–water partition coefficient (Wildman–Crippen LogP) is 2.12. The molecule has 0 fully saturated rings. The van der Waals surface area contributed by atoms with Crippen molar-refractivity contribution in [3.05, 3.63) is 33.2 Å². The van der Waals surface area contributed by atoms with Crippen molar-refractivity contribution in [2.24, 2.45) is 0 Å². The molecule has 0 unspecified atom stereocenters. The third kappa shape index (κ3) is 1.94. The van der Waals surface area contributed by atoms with Crippen LogP contribution in [0.1, 0.15) is 0 Å². The van der Waals surface area contributed by atoms with Crippen molar-refractivity contribution in [3.8, 4) is 22.8 Å². The van der Waals surface area contributed by atoms with E-state index in [1.807, 2.05) is 18.2 Å². The number of rotatable bonds is 3. The average molecular weight is 237 g/mol. The molecule has 0 spiro atoms. The van der Waals surface area contributed by atoms with Gasteiger partial charge in [-0.05, 0) is 18.2 Å². The largest absolute Gasteiger partial charge is 0.497 e. The Morgan fingerprint density at radius 2 is 2.06 bits per heavy atom. The molecule has 0 saturated heterocycles. The van der Waals surface area contributed by atoms with Gasteiger partial charge in [0.25, 0.3) is 0 Å². The summed E-state index contributed by atoms with van der Waals surface area (Å²) in [5, 5.41) is 1.76. The molecular formula is C11H11NO3S. The van der Waals surface area contributed by atoms with Gasteiger partial charge < -0.3 is 14.5 Å². The Morgan fingerprint density at radius 3 is 2.62 bits per heavy atom. The van der Waals surface area contributed by atoms with Gasteiger partial charge in [-0.15, -0.1) is 0 Å². The Labute approximate surface area is 96.5 Å². The summed E-state index contributed by atoms with van der Waals surface area (Å²) in [6.07, 6.45) is 0. The maximum atomic E-state index is 11.1. The number of benzene rings is 1. The zero-order valence-corrected chi connectivity index (χ0v) is 9.76. The van der Waals surface area contributed by atoms with Gasteiger partial charge in [0.05, 0.1) is 19.9 Å². The Kier molecular flexibility index (Phi) is 2.96. The van der Waals surface area contributed by atoms with Gasteiger partial charge in [-0.3, -0.25) is 4.79 Å². The zero-order valence-electron chi connectivity index (χ0n) is 8.94. The van der Waals surface area contributed by atoms with Crippen molar-refractivity contribution in [3.63, 3.8) is 0 Å². The molecule has 0 atom stereocenters. The predicted molar refractivity (Wildman–Crippen MR) is 63.5 cm³/mol. The summed E-state index contributed by atoms with van der Waals surface area (Å²) < 4.78 is 10.4. The van der Waals surface area contributed by atoms with Crippen LogP contribution in [0.15, 0.2) is 28.4 Å². The highest BCUT2D eigenvalue weighted by Crippen LogP contribution is 2.32. The van der Waals surface area contributed by atoms with Crippen LogP contribution in [0, 0.1) is 0 Å². The topological polar surface area (TPSA) is 51.3 Å². The third-order valence-corrected chi connectivity index (χ3v) is 2.89. The molecule has 0 saturated carbocycles. The van der Waals surface area contributed by atoms with Crippen LogP contribution in [0.2, 0.25) is 0 Å². The van der Waals surface area contributed by atoms with Crippen LogP contribution < -0.4 is 14.3 Å². The summed E-state index contributed by atoms with van der Waals surface area (Å²) in [7, 11) is 3.19. The molecule has 0 bridgehead atoms. The second kappa shape index (κ2) is 4.40. The van der Waals surface area contributed by atoms with Crippen molar-refractivity contribution >= 4 is 11.3 Å². The lowest BCUT2D eigenvalue weighted by molar-refractivity contribution is 0.404. The molecule has 0 aliphatic heterocycles. The lowest BCUT2D eigenvalue weighted by Gasteiger charge is -2.08. The first kappa shape index (κ1) is 10.8. The second-order valence-electron chi connectivity index (χ2n) is 3.13. The number of hydrogen-bond donors (Lipinski definition) is 1. The van der Waals surface area contributed by atoms with E-state index in [1.165, 1.54) is 0 Å². The summed E-state index contributed by atoms with van der Waals surface area (Å²) in [5.41, 5.74) is 1.56. The molecule has 0 radical (unpaired) electrons. The number of methoxy groups -OCH3 is 2. The highest BCUT2D eigenvalue weighted by Gasteiger charge is 2.09. The number of nitrogens with one attached hydrogen (secondary N) is 1. The molecule has 0 aliphatic carbocycles. The molecular weight excluding hydrogens is 226 g/mol. The maximum Gasteiger partial charge on any atom is 0.304 e. The van der Waals surface area contributed by atoms with E-state index in [1.54, 1.807) is 19.6 Å². The molecule has 84 valence electrons. The van der Waals surface area contributed by atoms with Crippen LogP contribution in [-0.2, 0) is 0 Å². The Morgan fingerprint density at radius 1 is 1.25 bits per heavy atom. The molecule has 4 nitrogen and oxygen atoms in total. The van der Waals surface area contributed by atoms with Gasteiger partial charge in [0.1, 0.15) is 11.5 Å². The summed E-state index contributed by atoms with van der Waals surface area (Å²) in [5.74, 6) is 1.43. The summed E-state index contributed by atoms with van der Waals surface area (Å²) in [4.78, 5) is 13.8. The summed E-state index contributed by atoms with van der Waals surface area (Å²) >= 11 is 1.12. The third-order valence-electron chi connectivity index (χ3n) is 2.22. The molecule has 2 rings (SSSR count). The minimum Gasteiger partial charge on any atom is -0.497 e. The maximum absolute atomic E-state index is 11.1. The fourth-order valence-corrected chi connectivity index (χ4v) is 2.02. The quantitative estimate of drug-likeness (QED) is 0.889. The minimum absolute atomic E-state index is 0.0835. The molecule has 1 N–H and O–H groups in total. The van der Waals surface area contributed by atoms with Crippen LogP contribution >= 0.6 is 11.3 Å². The van der Waals surface area contributed by atoms with Crippen molar-refractivity contribution in [1.29, 1.82) is 0 Å². The molecule has 1 aromatic carbocycles. The molecule has 5 heteroatoms. The number of H-pyrrole nitrogens is 1. The first-order valence-corrected chi connectivity index (χ1v) is 5.53. The van der Waals surface area contributed by atoms with Crippen molar-refractivity contribution in [1.82, 2.24) is 4.98 Å². The first-order valence-electron chi connectivity index (χ1n) is 4.65. The van der Waals surface area contributed by atoms with E-state index < -0.39 is 0 Å². The fraction of sp³-hybridized carbons (Fsp3) is 0.182. The Hall–Kier alpha value is -1.75.